The lowest BCUT2D eigenvalue weighted by Gasteiger charge is -2.27. The number of hydrogen-bond acceptors (Lipinski definition) is 3. The number of carbonyl (C=O) groups is 1. The summed E-state index contributed by atoms with van der Waals surface area (Å²) in [5, 5.41) is -0.727. The van der Waals surface area contributed by atoms with Crippen LogP contribution in [0.3, 0.4) is 0 Å². The molecule has 0 fully saturated rings. The summed E-state index contributed by atoms with van der Waals surface area (Å²) in [6.45, 7) is 5.08. The molecule has 6 heteroatoms. The molecule has 0 N–H and O–H groups in total. The third-order valence-corrected chi connectivity index (χ3v) is 5.04. The highest BCUT2D eigenvalue weighted by atomic mass is 79.9. The molecule has 0 heterocycles. The molecule has 1 aromatic rings. The molecule has 0 saturated heterocycles. The fourth-order valence-corrected chi connectivity index (χ4v) is 1.78. The Morgan fingerprint density at radius 3 is 2.39 bits per heavy atom. The lowest BCUT2D eigenvalue weighted by atomic mass is 10.3. The van der Waals surface area contributed by atoms with Crippen LogP contribution in [0.15, 0.2) is 42.5 Å². The van der Waals surface area contributed by atoms with E-state index in [9.17, 15) is 4.79 Å². The first-order chi connectivity index (χ1) is 8.33. The number of para-hydroxylation sites is 1. The zero-order chi connectivity index (χ0) is 13.8. The fraction of sp³-hybridized carbons (Fsp3) is 0.250. The van der Waals surface area contributed by atoms with Crippen LogP contribution < -0.4 is 4.74 Å². The van der Waals surface area contributed by atoms with Gasteiger partial charge in [0.2, 0.25) is 5.01 Å². The van der Waals surface area contributed by atoms with Gasteiger partial charge in [-0.3, -0.25) is 0 Å². The van der Waals surface area contributed by atoms with Gasteiger partial charge in [0.1, 0.15) is 5.75 Å². The minimum absolute atomic E-state index is 0.315. The first-order valence-corrected chi connectivity index (χ1v) is 7.45. The summed E-state index contributed by atoms with van der Waals surface area (Å²) in [6, 6.07) is 9.14. The number of halogens is 3. The van der Waals surface area contributed by atoms with E-state index in [4.69, 9.17) is 9.47 Å². The molecule has 0 aliphatic carbocycles. The molecule has 0 saturated carbocycles. The van der Waals surface area contributed by atoms with Gasteiger partial charge in [-0.15, -0.1) is 0 Å². The van der Waals surface area contributed by atoms with E-state index in [1.165, 1.54) is 0 Å². The second-order valence-corrected chi connectivity index (χ2v) is 7.73. The van der Waals surface area contributed by atoms with Crippen molar-refractivity contribution in [2.24, 2.45) is 0 Å². The molecule has 1 aromatic carbocycles. The van der Waals surface area contributed by atoms with Gasteiger partial charge in [0.15, 0.2) is 0 Å². The van der Waals surface area contributed by atoms with E-state index >= 15 is 0 Å². The van der Waals surface area contributed by atoms with E-state index in [2.05, 4.69) is 54.4 Å². The molecule has 18 heavy (non-hydrogen) atoms. The molecule has 1 rings (SSSR count). The largest absolute Gasteiger partial charge is 0.461 e. The number of alkyl halides is 3. The average Bonchev–Trinajstić information content (AvgIpc) is 2.29. The van der Waals surface area contributed by atoms with Gasteiger partial charge in [0.05, 0.1) is 0 Å². The minimum Gasteiger partial charge on any atom is -0.461 e. The van der Waals surface area contributed by atoms with E-state index in [1.54, 1.807) is 19.1 Å². The van der Waals surface area contributed by atoms with Gasteiger partial charge < -0.3 is 9.47 Å². The number of benzene rings is 1. The Bertz CT molecular complexity index is 431. The van der Waals surface area contributed by atoms with Gasteiger partial charge in [-0.1, -0.05) is 24.8 Å². The summed E-state index contributed by atoms with van der Waals surface area (Å²) in [6.07, 6.45) is 0. The normalized spacial score (nSPS) is 12.7. The number of esters is 1. The summed E-state index contributed by atoms with van der Waals surface area (Å²) in [7, 11) is 0. The van der Waals surface area contributed by atoms with E-state index in [0.29, 0.717) is 11.3 Å². The van der Waals surface area contributed by atoms with E-state index in [0.717, 1.165) is 0 Å². The molecule has 3 nitrogen and oxygen atoms in total. The van der Waals surface area contributed by atoms with Gasteiger partial charge in [-0.2, -0.15) is 0 Å². The van der Waals surface area contributed by atoms with Gasteiger partial charge in [-0.05, 0) is 66.8 Å². The van der Waals surface area contributed by atoms with E-state index < -0.39 is 14.4 Å². The maximum atomic E-state index is 11.4. The molecule has 98 valence electrons. The van der Waals surface area contributed by atoms with Crippen molar-refractivity contribution in [3.05, 3.63) is 42.5 Å². The Kier molecular flexibility index (Phi) is 5.88. The minimum atomic E-state index is -1.06. The molecule has 0 bridgehead atoms. The summed E-state index contributed by atoms with van der Waals surface area (Å²) in [5.41, 5.74) is 0.315. The first kappa shape index (κ1) is 15.7. The van der Waals surface area contributed by atoms with Crippen LogP contribution in [-0.2, 0) is 9.53 Å². The number of carbonyl (C=O) groups excluding carboxylic acids is 1. The standard InChI is InChI=1S/C12H11Br3O3/c1-8(2)10(16)17-11(13)12(14,15)18-9-6-4-3-5-7-9/h3-7,11H,1H2,2H3. The van der Waals surface area contributed by atoms with Crippen LogP contribution >= 0.6 is 47.8 Å². The lowest BCUT2D eigenvalue weighted by Crippen LogP contribution is -2.35. The summed E-state index contributed by atoms with van der Waals surface area (Å²) in [4.78, 5) is 11.4. The summed E-state index contributed by atoms with van der Waals surface area (Å²) >= 11 is 9.83. The molecule has 0 radical (unpaired) electrons. The van der Waals surface area contributed by atoms with Crippen molar-refractivity contribution in [2.45, 2.75) is 15.4 Å². The molecule has 1 unspecified atom stereocenters. The van der Waals surface area contributed by atoms with Crippen LogP contribution in [0.1, 0.15) is 6.92 Å². The maximum absolute atomic E-state index is 11.4. The molecule has 0 aliphatic rings. The number of rotatable bonds is 5. The third-order valence-electron chi connectivity index (χ3n) is 1.82. The maximum Gasteiger partial charge on any atom is 0.334 e. The van der Waals surface area contributed by atoms with Crippen LogP contribution in [0.25, 0.3) is 0 Å². The van der Waals surface area contributed by atoms with E-state index in [1.807, 2.05) is 18.2 Å². The van der Waals surface area contributed by atoms with Crippen LogP contribution in [0, 0.1) is 0 Å². The van der Waals surface area contributed by atoms with Crippen molar-refractivity contribution in [3.63, 3.8) is 0 Å². The molecular weight excluding hydrogens is 432 g/mol. The highest BCUT2D eigenvalue weighted by molar-refractivity contribution is 9.26. The Balaban J connectivity index is 2.68. The van der Waals surface area contributed by atoms with Crippen molar-refractivity contribution in [1.82, 2.24) is 0 Å². The van der Waals surface area contributed by atoms with Crippen LogP contribution in [0.5, 0.6) is 5.75 Å². The van der Waals surface area contributed by atoms with Crippen molar-refractivity contribution >= 4 is 53.8 Å². The number of hydrogen-bond donors (Lipinski definition) is 0. The van der Waals surface area contributed by atoms with Crippen molar-refractivity contribution in [3.8, 4) is 5.75 Å². The molecule has 0 aromatic heterocycles. The van der Waals surface area contributed by atoms with Crippen molar-refractivity contribution in [2.75, 3.05) is 0 Å². The quantitative estimate of drug-likeness (QED) is 0.386. The Labute approximate surface area is 131 Å². The zero-order valence-electron chi connectivity index (χ0n) is 9.53. The van der Waals surface area contributed by atoms with Crippen molar-refractivity contribution in [1.29, 1.82) is 0 Å². The topological polar surface area (TPSA) is 35.5 Å². The van der Waals surface area contributed by atoms with E-state index in [-0.39, 0.29) is 0 Å². The summed E-state index contributed by atoms with van der Waals surface area (Å²) < 4.78 is 9.67. The molecule has 0 spiro atoms. The Morgan fingerprint density at radius 2 is 1.89 bits per heavy atom. The predicted molar refractivity (Wildman–Crippen MR) is 81.3 cm³/mol. The molecular formula is C12H11Br3O3. The van der Waals surface area contributed by atoms with Crippen LogP contribution in [0.2, 0.25) is 0 Å². The highest BCUT2D eigenvalue weighted by Crippen LogP contribution is 2.38. The van der Waals surface area contributed by atoms with Crippen LogP contribution in [-0.4, -0.2) is 14.4 Å². The van der Waals surface area contributed by atoms with Gasteiger partial charge in [-0.25, -0.2) is 4.79 Å². The second kappa shape index (κ2) is 6.73. The third kappa shape index (κ3) is 4.74. The average molecular weight is 443 g/mol. The van der Waals surface area contributed by atoms with Crippen molar-refractivity contribution < 1.29 is 14.3 Å². The smallest absolute Gasteiger partial charge is 0.334 e. The Hall–Kier alpha value is -0.330. The van der Waals surface area contributed by atoms with Crippen LogP contribution in [0.4, 0.5) is 0 Å². The fourth-order valence-electron chi connectivity index (χ4n) is 0.955. The molecule has 0 amide bonds. The SMILES string of the molecule is C=C(C)C(=O)OC(Br)C(Br)(Br)Oc1ccccc1. The number of ether oxygens (including phenoxy) is 2. The molecule has 1 atom stereocenters. The van der Waals surface area contributed by atoms with Gasteiger partial charge in [0.25, 0.3) is 3.42 Å². The van der Waals surface area contributed by atoms with Gasteiger partial charge >= 0.3 is 5.97 Å². The van der Waals surface area contributed by atoms with Gasteiger partial charge in [0, 0.05) is 5.57 Å². The zero-order valence-corrected chi connectivity index (χ0v) is 14.3. The predicted octanol–water partition coefficient (Wildman–Crippen LogP) is 4.35. The second-order valence-electron chi connectivity index (χ2n) is 3.48. The molecule has 0 aliphatic heterocycles. The lowest BCUT2D eigenvalue weighted by molar-refractivity contribution is -0.141. The highest BCUT2D eigenvalue weighted by Gasteiger charge is 2.37. The monoisotopic (exact) mass is 440 g/mol. The first-order valence-electron chi connectivity index (χ1n) is 4.95. The summed E-state index contributed by atoms with van der Waals surface area (Å²) in [5.74, 6) is 0.124. The Morgan fingerprint density at radius 1 is 1.33 bits per heavy atom.